The number of nitrogens with zero attached hydrogens (tertiary/aromatic N) is 4. The smallest absolute Gasteiger partial charge is 0.266 e. The monoisotopic (exact) mass is 488 g/mol. The molecule has 3 aromatic carbocycles. The summed E-state index contributed by atoms with van der Waals surface area (Å²) in [5, 5.41) is 0.542. The van der Waals surface area contributed by atoms with Crippen molar-refractivity contribution in [3.8, 4) is 5.69 Å². The molecule has 0 bridgehead atoms. The van der Waals surface area contributed by atoms with Crippen LogP contribution < -0.4 is 10.5 Å². The Bertz CT molecular complexity index is 1730. The lowest BCUT2D eigenvalue weighted by molar-refractivity contribution is -0.124. The first-order valence-electron chi connectivity index (χ1n) is 12.9. The summed E-state index contributed by atoms with van der Waals surface area (Å²) >= 11 is 0. The van der Waals surface area contributed by atoms with Gasteiger partial charge in [0, 0.05) is 11.6 Å². The van der Waals surface area contributed by atoms with Gasteiger partial charge in [-0.2, -0.15) is 0 Å². The second-order valence-electron chi connectivity index (χ2n) is 10.6. The third-order valence-corrected chi connectivity index (χ3v) is 8.93. The van der Waals surface area contributed by atoms with Crippen molar-refractivity contribution in [1.29, 1.82) is 0 Å². The van der Waals surface area contributed by atoms with E-state index in [1.54, 1.807) is 10.6 Å². The molecule has 8 rings (SSSR count). The maximum atomic E-state index is 14.4. The Hall–Kier alpha value is -4.10. The lowest BCUT2D eigenvalue weighted by Gasteiger charge is -2.38. The van der Waals surface area contributed by atoms with Crippen molar-refractivity contribution >= 4 is 28.4 Å². The number of hydrogen-bond acceptors (Lipinski definition) is 5. The van der Waals surface area contributed by atoms with Crippen LogP contribution in [0, 0.1) is 18.8 Å². The number of rotatable bonds is 1. The number of aromatic nitrogens is 2. The number of hydrogen-bond donors (Lipinski definition) is 0. The standard InChI is InChI=1S/C30H24N4O3/c1-17-12-14-18(15-13-17)33-27(36)24-23-11-6-16-32(23)30(25(24)28(33)37)20-8-3-5-10-22(20)34-26(35)19-7-2-4-9-21(19)31-29(30)34/h2-5,7-10,12-15,23-25H,6,11,16H2,1H3/t23-,24+,25-,30-/m1/s1. The molecule has 4 atom stereocenters. The molecule has 4 aromatic rings. The lowest BCUT2D eigenvalue weighted by Crippen LogP contribution is -2.51. The third kappa shape index (κ3) is 2.36. The fourth-order valence-corrected chi connectivity index (χ4v) is 7.56. The minimum Gasteiger partial charge on any atom is -0.283 e. The van der Waals surface area contributed by atoms with Crippen molar-refractivity contribution in [2.75, 3.05) is 11.4 Å². The first kappa shape index (κ1) is 21.0. The largest absolute Gasteiger partial charge is 0.283 e. The van der Waals surface area contributed by atoms with E-state index in [4.69, 9.17) is 4.98 Å². The van der Waals surface area contributed by atoms with Crippen molar-refractivity contribution in [3.05, 3.63) is 100 Å². The summed E-state index contributed by atoms with van der Waals surface area (Å²) in [5.74, 6) is -0.942. The third-order valence-electron chi connectivity index (χ3n) is 8.93. The van der Waals surface area contributed by atoms with Gasteiger partial charge < -0.3 is 0 Å². The molecule has 0 saturated carbocycles. The van der Waals surface area contributed by atoms with Crippen molar-refractivity contribution in [3.63, 3.8) is 0 Å². The van der Waals surface area contributed by atoms with Crippen LogP contribution >= 0.6 is 0 Å². The molecule has 4 aliphatic rings. The van der Waals surface area contributed by atoms with E-state index < -0.39 is 17.4 Å². The molecule has 4 aliphatic heterocycles. The summed E-state index contributed by atoms with van der Waals surface area (Å²) in [6.45, 7) is 2.73. The molecule has 7 heteroatoms. The van der Waals surface area contributed by atoms with Crippen LogP contribution in [-0.2, 0) is 15.1 Å². The second-order valence-corrected chi connectivity index (χ2v) is 10.6. The van der Waals surface area contributed by atoms with Crippen molar-refractivity contribution in [2.24, 2.45) is 11.8 Å². The highest BCUT2D eigenvalue weighted by Gasteiger charge is 2.73. The number of fused-ring (bicyclic) bond motifs is 11. The van der Waals surface area contributed by atoms with Crippen LogP contribution in [0.4, 0.5) is 5.69 Å². The van der Waals surface area contributed by atoms with E-state index in [1.165, 1.54) is 4.90 Å². The topological polar surface area (TPSA) is 75.5 Å². The average molecular weight is 489 g/mol. The quantitative estimate of drug-likeness (QED) is 0.383. The van der Waals surface area contributed by atoms with Crippen LogP contribution in [0.15, 0.2) is 77.6 Å². The summed E-state index contributed by atoms with van der Waals surface area (Å²) in [4.78, 5) is 51.2. The summed E-state index contributed by atoms with van der Waals surface area (Å²) in [6, 6.07) is 22.6. The highest BCUT2D eigenvalue weighted by molar-refractivity contribution is 6.23. The molecular weight excluding hydrogens is 464 g/mol. The van der Waals surface area contributed by atoms with Gasteiger partial charge in [0.25, 0.3) is 5.56 Å². The Morgan fingerprint density at radius 1 is 0.892 bits per heavy atom. The van der Waals surface area contributed by atoms with Crippen LogP contribution in [-0.4, -0.2) is 38.9 Å². The number of carbonyl (C=O) groups is 2. The van der Waals surface area contributed by atoms with Crippen molar-refractivity contribution in [1.82, 2.24) is 14.5 Å². The number of imide groups is 1. The molecule has 2 amide bonds. The Morgan fingerprint density at radius 3 is 2.49 bits per heavy atom. The summed E-state index contributed by atoms with van der Waals surface area (Å²) < 4.78 is 1.70. The van der Waals surface area contributed by atoms with Crippen LogP contribution in [0.3, 0.4) is 0 Å². The minimum atomic E-state index is -0.974. The molecular formula is C30H24N4O3. The Balaban J connectivity index is 1.45. The van der Waals surface area contributed by atoms with E-state index >= 15 is 0 Å². The van der Waals surface area contributed by atoms with Crippen LogP contribution in [0.25, 0.3) is 16.6 Å². The molecule has 37 heavy (non-hydrogen) atoms. The van der Waals surface area contributed by atoms with Gasteiger partial charge in [-0.3, -0.25) is 23.9 Å². The first-order valence-corrected chi connectivity index (χ1v) is 12.9. The molecule has 3 fully saturated rings. The minimum absolute atomic E-state index is 0.0834. The Kier molecular flexibility index (Phi) is 3.99. The van der Waals surface area contributed by atoms with Gasteiger partial charge in [0.05, 0.1) is 34.1 Å². The zero-order chi connectivity index (χ0) is 25.1. The maximum absolute atomic E-state index is 14.4. The number of anilines is 1. The number of para-hydroxylation sites is 2. The molecule has 182 valence electrons. The predicted molar refractivity (Wildman–Crippen MR) is 138 cm³/mol. The van der Waals surface area contributed by atoms with Gasteiger partial charge in [0.2, 0.25) is 11.8 Å². The Labute approximate surface area is 213 Å². The number of aryl methyl sites for hydroxylation is 1. The van der Waals surface area contributed by atoms with E-state index in [9.17, 15) is 14.4 Å². The van der Waals surface area contributed by atoms with Gasteiger partial charge in [-0.05, 0) is 56.6 Å². The van der Waals surface area contributed by atoms with Gasteiger partial charge >= 0.3 is 0 Å². The highest BCUT2D eigenvalue weighted by Crippen LogP contribution is 2.62. The van der Waals surface area contributed by atoms with E-state index in [0.29, 0.717) is 22.4 Å². The molecule has 3 saturated heterocycles. The molecule has 0 radical (unpaired) electrons. The predicted octanol–water partition coefficient (Wildman–Crippen LogP) is 3.53. The second kappa shape index (κ2) is 7.01. The van der Waals surface area contributed by atoms with Crippen molar-refractivity contribution in [2.45, 2.75) is 31.3 Å². The van der Waals surface area contributed by atoms with Crippen molar-refractivity contribution < 1.29 is 9.59 Å². The van der Waals surface area contributed by atoms with Gasteiger partial charge in [0.1, 0.15) is 11.4 Å². The molecule has 1 aromatic heterocycles. The van der Waals surface area contributed by atoms with Gasteiger partial charge in [-0.15, -0.1) is 0 Å². The zero-order valence-electron chi connectivity index (χ0n) is 20.3. The molecule has 7 nitrogen and oxygen atoms in total. The average Bonchev–Trinajstić information content (AvgIpc) is 3.62. The fraction of sp³-hybridized carbons (Fsp3) is 0.267. The molecule has 1 spiro atoms. The molecule has 5 heterocycles. The first-order chi connectivity index (χ1) is 18.0. The van der Waals surface area contributed by atoms with Gasteiger partial charge in [-0.1, -0.05) is 48.0 Å². The van der Waals surface area contributed by atoms with E-state index in [2.05, 4.69) is 4.90 Å². The van der Waals surface area contributed by atoms with Crippen LogP contribution in [0.5, 0.6) is 0 Å². The molecule has 0 aliphatic carbocycles. The number of carbonyl (C=O) groups excluding carboxylic acids is 2. The summed E-state index contributed by atoms with van der Waals surface area (Å²) in [6.07, 6.45) is 1.77. The van der Waals surface area contributed by atoms with Crippen LogP contribution in [0.2, 0.25) is 0 Å². The number of benzene rings is 3. The highest BCUT2D eigenvalue weighted by atomic mass is 16.2. The van der Waals surface area contributed by atoms with E-state index in [1.807, 2.05) is 73.7 Å². The van der Waals surface area contributed by atoms with E-state index in [0.717, 1.165) is 36.2 Å². The molecule has 0 N–H and O–H groups in total. The SMILES string of the molecule is Cc1ccc(N2C(=O)[C@H]3[C@H]4CCCN4[C@]4(c5ccccc5-n5c4nc4ccccc4c5=O)[C@H]3C2=O)cc1. The summed E-state index contributed by atoms with van der Waals surface area (Å²) in [5.41, 5.74) is 2.80. The molecule has 0 unspecified atom stereocenters. The normalized spacial score (nSPS) is 27.7. The number of amides is 2. The maximum Gasteiger partial charge on any atom is 0.266 e. The summed E-state index contributed by atoms with van der Waals surface area (Å²) in [7, 11) is 0. The van der Waals surface area contributed by atoms with Crippen LogP contribution in [0.1, 0.15) is 29.8 Å². The Morgan fingerprint density at radius 2 is 1.65 bits per heavy atom. The fourth-order valence-electron chi connectivity index (χ4n) is 7.56. The van der Waals surface area contributed by atoms with Gasteiger partial charge in [-0.25, -0.2) is 9.88 Å². The van der Waals surface area contributed by atoms with E-state index in [-0.39, 0.29) is 23.4 Å². The van der Waals surface area contributed by atoms with Gasteiger partial charge in [0.15, 0.2) is 0 Å². The lowest BCUT2D eigenvalue weighted by atomic mass is 9.75. The zero-order valence-corrected chi connectivity index (χ0v) is 20.3.